The summed E-state index contributed by atoms with van der Waals surface area (Å²) in [7, 11) is 0. The molecule has 3 aliphatic rings. The lowest BCUT2D eigenvalue weighted by atomic mass is 9.76. The molecule has 1 spiro atoms. The van der Waals surface area contributed by atoms with Crippen LogP contribution in [-0.4, -0.2) is 34.6 Å². The van der Waals surface area contributed by atoms with Crippen LogP contribution < -0.4 is 16.4 Å². The van der Waals surface area contributed by atoms with Gasteiger partial charge in [0.1, 0.15) is 17.9 Å². The van der Waals surface area contributed by atoms with E-state index in [1.165, 1.54) is 4.90 Å². The van der Waals surface area contributed by atoms with E-state index >= 15 is 0 Å². The first-order chi connectivity index (χ1) is 16.2. The lowest BCUT2D eigenvalue weighted by Crippen LogP contribution is -2.99. The third kappa shape index (κ3) is 3.02. The number of halogens is 1. The van der Waals surface area contributed by atoms with E-state index in [1.807, 2.05) is 44.2 Å². The number of nitrogens with two attached hydrogens (primary N) is 2. The molecule has 2 aromatic carbocycles. The molecule has 5 rings (SSSR count). The van der Waals surface area contributed by atoms with Gasteiger partial charge in [-0.3, -0.25) is 24.1 Å². The Bertz CT molecular complexity index is 1230. The van der Waals surface area contributed by atoms with E-state index in [-0.39, 0.29) is 24.1 Å². The summed E-state index contributed by atoms with van der Waals surface area (Å²) >= 11 is 6.30. The number of anilines is 1. The van der Waals surface area contributed by atoms with E-state index in [1.54, 1.807) is 17.4 Å². The fraction of sp³-hybridized carbons (Fsp3) is 0.360. The number of hydrogen-bond acceptors (Lipinski definition) is 4. The molecular weight excluding hydrogens is 456 g/mol. The number of nitrogens with one attached hydrogen (secondary N) is 1. The molecule has 34 heavy (non-hydrogen) atoms. The molecule has 8 nitrogen and oxygen atoms in total. The molecule has 4 amide bonds. The minimum atomic E-state index is -1.31. The van der Waals surface area contributed by atoms with Crippen molar-refractivity contribution in [3.05, 3.63) is 64.2 Å². The van der Waals surface area contributed by atoms with E-state index in [9.17, 15) is 19.2 Å². The van der Waals surface area contributed by atoms with Gasteiger partial charge in [-0.2, -0.15) is 0 Å². The molecule has 2 fully saturated rings. The summed E-state index contributed by atoms with van der Waals surface area (Å²) in [6, 6.07) is 11.9. The highest BCUT2D eigenvalue weighted by molar-refractivity contribution is 6.32. The number of primary amides is 1. The number of nitrogens with zero attached hydrogens (tertiary/aromatic N) is 1. The smallest absolute Gasteiger partial charge is 0.291 e. The highest BCUT2D eigenvalue weighted by Crippen LogP contribution is 2.52. The molecule has 3 aliphatic heterocycles. The molecule has 0 saturated carbocycles. The van der Waals surface area contributed by atoms with E-state index in [0.717, 1.165) is 5.56 Å². The van der Waals surface area contributed by atoms with Gasteiger partial charge in [0.25, 0.3) is 5.91 Å². The fourth-order valence-corrected chi connectivity index (χ4v) is 6.17. The average molecular weight is 482 g/mol. The number of rotatable bonds is 5. The quantitative estimate of drug-likeness (QED) is 0.557. The SMILES string of the molecule is Cc1c(Cl)ccc2c1NC(=O)[C@]21[NH2+][C@H](CCC(N)=O)[C@H]2C(=O)N([C@H](C)c3ccccc3)C(=O)[C@H]21. The van der Waals surface area contributed by atoms with Crippen molar-refractivity contribution in [2.45, 2.75) is 44.3 Å². The molecule has 3 heterocycles. The number of benzene rings is 2. The zero-order valence-corrected chi connectivity index (χ0v) is 19.6. The van der Waals surface area contributed by atoms with Crippen molar-refractivity contribution >= 4 is 40.9 Å². The molecule has 0 aromatic heterocycles. The van der Waals surface area contributed by atoms with Crippen LogP contribution in [0.5, 0.6) is 0 Å². The Balaban J connectivity index is 1.63. The van der Waals surface area contributed by atoms with Crippen molar-refractivity contribution in [3.8, 4) is 0 Å². The molecular formula is C25H26ClN4O4+. The standard InChI is InChI=1S/C25H25ClN4O4/c1-12-16(26)9-8-15-21(12)28-24(34)25(15)20-19(17(29-25)10-11-18(27)31)22(32)30(23(20)33)13(2)14-6-4-3-5-7-14/h3-9,13,17,19-20,29H,10-11H2,1-2H3,(H2,27,31)(H,28,34)/p+1/t13-,17-,19-,20+,25+/m1/s1. The number of carbonyl (C=O) groups is 4. The lowest BCUT2D eigenvalue weighted by molar-refractivity contribution is -0.734. The Labute approximate surface area is 201 Å². The second kappa shape index (κ2) is 7.92. The molecule has 0 radical (unpaired) electrons. The summed E-state index contributed by atoms with van der Waals surface area (Å²) in [4.78, 5) is 54.2. The number of hydrogen-bond donors (Lipinski definition) is 3. The third-order valence-electron chi connectivity index (χ3n) is 7.67. The van der Waals surface area contributed by atoms with E-state index < -0.39 is 35.4 Å². The summed E-state index contributed by atoms with van der Waals surface area (Å²) in [5.74, 6) is -3.17. The molecule has 0 aliphatic carbocycles. The number of quaternary nitrogens is 1. The van der Waals surface area contributed by atoms with Crippen LogP contribution in [0, 0.1) is 18.8 Å². The Morgan fingerprint density at radius 3 is 2.56 bits per heavy atom. The predicted octanol–water partition coefficient (Wildman–Crippen LogP) is 1.37. The van der Waals surface area contributed by atoms with Gasteiger partial charge in [0.05, 0.1) is 11.7 Å². The van der Waals surface area contributed by atoms with Crippen LogP contribution in [0.3, 0.4) is 0 Å². The minimum Gasteiger partial charge on any atom is -0.370 e. The van der Waals surface area contributed by atoms with Gasteiger partial charge < -0.3 is 16.4 Å². The van der Waals surface area contributed by atoms with Gasteiger partial charge in [-0.15, -0.1) is 0 Å². The van der Waals surface area contributed by atoms with Crippen molar-refractivity contribution in [2.75, 3.05) is 5.32 Å². The zero-order chi connectivity index (χ0) is 24.4. The van der Waals surface area contributed by atoms with Gasteiger partial charge in [0.15, 0.2) is 0 Å². The van der Waals surface area contributed by atoms with E-state index in [2.05, 4.69) is 5.32 Å². The van der Waals surface area contributed by atoms with E-state index in [4.69, 9.17) is 17.3 Å². The summed E-state index contributed by atoms with van der Waals surface area (Å²) in [6.07, 6.45) is 0.351. The maximum absolute atomic E-state index is 14.0. The van der Waals surface area contributed by atoms with Crippen molar-refractivity contribution in [3.63, 3.8) is 0 Å². The first-order valence-corrected chi connectivity index (χ1v) is 11.7. The number of likely N-dealkylation sites (tertiary alicyclic amines) is 1. The maximum atomic E-state index is 14.0. The predicted molar refractivity (Wildman–Crippen MR) is 124 cm³/mol. The highest BCUT2D eigenvalue weighted by Gasteiger charge is 2.74. The van der Waals surface area contributed by atoms with Crippen LogP contribution in [0.2, 0.25) is 5.02 Å². The molecule has 0 bridgehead atoms. The average Bonchev–Trinajstić information content (AvgIpc) is 3.40. The summed E-state index contributed by atoms with van der Waals surface area (Å²) in [5, 5.41) is 5.23. The Morgan fingerprint density at radius 2 is 1.88 bits per heavy atom. The monoisotopic (exact) mass is 481 g/mol. The van der Waals surface area contributed by atoms with Crippen molar-refractivity contribution < 1.29 is 24.5 Å². The van der Waals surface area contributed by atoms with Crippen molar-refractivity contribution in [1.29, 1.82) is 0 Å². The molecule has 5 atom stereocenters. The Morgan fingerprint density at radius 1 is 1.18 bits per heavy atom. The number of carbonyl (C=O) groups excluding carboxylic acids is 4. The van der Waals surface area contributed by atoms with Gasteiger partial charge in [-0.25, -0.2) is 0 Å². The van der Waals surface area contributed by atoms with Gasteiger partial charge in [0, 0.05) is 23.4 Å². The second-order valence-corrected chi connectivity index (χ2v) is 9.80. The third-order valence-corrected chi connectivity index (χ3v) is 8.08. The van der Waals surface area contributed by atoms with Gasteiger partial charge in [-0.05, 0) is 37.1 Å². The fourth-order valence-electron chi connectivity index (χ4n) is 6.01. The second-order valence-electron chi connectivity index (χ2n) is 9.39. The van der Waals surface area contributed by atoms with E-state index in [0.29, 0.717) is 28.3 Å². The highest BCUT2D eigenvalue weighted by atomic mass is 35.5. The largest absolute Gasteiger partial charge is 0.370 e. The van der Waals surface area contributed by atoms with Crippen LogP contribution in [0.1, 0.15) is 42.5 Å². The first kappa shape index (κ1) is 22.6. The van der Waals surface area contributed by atoms with Crippen LogP contribution in [0.25, 0.3) is 0 Å². The Hall–Kier alpha value is -3.23. The number of imide groups is 1. The van der Waals surface area contributed by atoms with Crippen LogP contribution in [-0.2, 0) is 24.7 Å². The molecule has 9 heteroatoms. The number of fused-ring (bicyclic) bond motifs is 4. The lowest BCUT2D eigenvalue weighted by Gasteiger charge is -2.29. The molecule has 0 unspecified atom stereocenters. The van der Waals surface area contributed by atoms with Gasteiger partial charge >= 0.3 is 0 Å². The zero-order valence-electron chi connectivity index (χ0n) is 18.9. The summed E-state index contributed by atoms with van der Waals surface area (Å²) in [6.45, 7) is 3.62. The normalized spacial score (nSPS) is 28.3. The molecule has 2 aromatic rings. The molecule has 5 N–H and O–H groups in total. The van der Waals surface area contributed by atoms with Crippen molar-refractivity contribution in [2.24, 2.45) is 17.6 Å². The topological polar surface area (TPSA) is 126 Å². The molecule has 176 valence electrons. The van der Waals surface area contributed by atoms with Gasteiger partial charge in [0.2, 0.25) is 23.3 Å². The number of amides is 4. The summed E-state index contributed by atoms with van der Waals surface area (Å²) in [5.41, 5.74) is 6.85. The van der Waals surface area contributed by atoms with Crippen LogP contribution in [0.15, 0.2) is 42.5 Å². The summed E-state index contributed by atoms with van der Waals surface area (Å²) < 4.78 is 0. The Kier molecular flexibility index (Phi) is 5.26. The van der Waals surface area contributed by atoms with Crippen LogP contribution >= 0.6 is 11.6 Å². The van der Waals surface area contributed by atoms with Crippen LogP contribution in [0.4, 0.5) is 5.69 Å². The minimum absolute atomic E-state index is 0.0598. The maximum Gasteiger partial charge on any atom is 0.291 e. The first-order valence-electron chi connectivity index (χ1n) is 11.4. The molecule has 2 saturated heterocycles. The van der Waals surface area contributed by atoms with Gasteiger partial charge in [-0.1, -0.05) is 41.9 Å². The van der Waals surface area contributed by atoms with Crippen molar-refractivity contribution in [1.82, 2.24) is 4.90 Å².